The van der Waals surface area contributed by atoms with Gasteiger partial charge in [-0.1, -0.05) is 42.5 Å². The Kier molecular flexibility index (Phi) is 4.98. The van der Waals surface area contributed by atoms with Gasteiger partial charge in [0.25, 0.3) is 0 Å². The van der Waals surface area contributed by atoms with Crippen molar-refractivity contribution in [3.8, 4) is 22.5 Å². The number of benzene rings is 2. The Morgan fingerprint density at radius 3 is 2.66 bits per heavy atom. The van der Waals surface area contributed by atoms with E-state index in [1.54, 1.807) is 11.8 Å². The molecule has 0 unspecified atom stereocenters. The molecule has 32 heavy (non-hydrogen) atoms. The summed E-state index contributed by atoms with van der Waals surface area (Å²) in [6.45, 7) is 2.02. The van der Waals surface area contributed by atoms with Crippen LogP contribution in [-0.4, -0.2) is 42.8 Å². The van der Waals surface area contributed by atoms with Gasteiger partial charge in [-0.3, -0.25) is 14.5 Å². The summed E-state index contributed by atoms with van der Waals surface area (Å²) in [6, 6.07) is 15.9. The van der Waals surface area contributed by atoms with E-state index in [1.807, 2.05) is 48.5 Å². The van der Waals surface area contributed by atoms with Crippen molar-refractivity contribution in [3.05, 3.63) is 71.2 Å². The smallest absolute Gasteiger partial charge is 0.228 e. The van der Waals surface area contributed by atoms with Crippen molar-refractivity contribution in [2.45, 2.75) is 26.3 Å². The lowest BCUT2D eigenvalue weighted by Crippen LogP contribution is -2.36. The number of anilines is 1. The summed E-state index contributed by atoms with van der Waals surface area (Å²) in [5.41, 5.74) is 4.73. The van der Waals surface area contributed by atoms with Gasteiger partial charge in [-0.15, -0.1) is 10.2 Å². The summed E-state index contributed by atoms with van der Waals surface area (Å²) in [4.78, 5) is 34.6. The normalized spacial score (nSPS) is 13.2. The van der Waals surface area contributed by atoms with Gasteiger partial charge < -0.3 is 0 Å². The number of amides is 1. The zero-order valence-electron chi connectivity index (χ0n) is 17.3. The monoisotopic (exact) mass is 425 g/mol. The van der Waals surface area contributed by atoms with E-state index in [9.17, 15) is 9.59 Å². The lowest BCUT2D eigenvalue weighted by Gasteiger charge is -2.29. The Morgan fingerprint density at radius 1 is 1.06 bits per heavy atom. The van der Waals surface area contributed by atoms with Crippen LogP contribution in [0.1, 0.15) is 33.9 Å². The number of carbonyl (C=O) groups is 2. The predicted molar refractivity (Wildman–Crippen MR) is 117 cm³/mol. The average molecular weight is 425 g/mol. The number of aromatic amines is 1. The molecule has 2 aromatic heterocycles. The number of hydrogen-bond donors (Lipinski definition) is 1. The van der Waals surface area contributed by atoms with Crippen LogP contribution in [0.2, 0.25) is 0 Å². The van der Waals surface area contributed by atoms with Crippen molar-refractivity contribution in [1.82, 2.24) is 30.6 Å². The van der Waals surface area contributed by atoms with Crippen LogP contribution < -0.4 is 4.90 Å². The van der Waals surface area contributed by atoms with Gasteiger partial charge >= 0.3 is 0 Å². The van der Waals surface area contributed by atoms with Gasteiger partial charge in [0.05, 0.1) is 6.54 Å². The van der Waals surface area contributed by atoms with Crippen molar-refractivity contribution < 1.29 is 9.59 Å². The first-order valence-electron chi connectivity index (χ1n) is 10.2. The Balaban J connectivity index is 1.57. The molecule has 0 spiro atoms. The van der Waals surface area contributed by atoms with E-state index in [-0.39, 0.29) is 5.91 Å². The maximum Gasteiger partial charge on any atom is 0.228 e. The molecule has 0 bridgehead atoms. The van der Waals surface area contributed by atoms with Crippen molar-refractivity contribution in [1.29, 1.82) is 0 Å². The molecule has 2 aromatic carbocycles. The summed E-state index contributed by atoms with van der Waals surface area (Å²) < 4.78 is 0. The first-order valence-corrected chi connectivity index (χ1v) is 10.2. The lowest BCUT2D eigenvalue weighted by atomic mass is 9.96. The zero-order valence-corrected chi connectivity index (χ0v) is 17.3. The van der Waals surface area contributed by atoms with E-state index < -0.39 is 0 Å². The second kappa shape index (κ2) is 8.10. The first-order chi connectivity index (χ1) is 15.6. The van der Waals surface area contributed by atoms with Crippen molar-refractivity contribution >= 4 is 18.0 Å². The van der Waals surface area contributed by atoms with Crippen molar-refractivity contribution in [3.63, 3.8) is 0 Å². The molecule has 9 heteroatoms. The van der Waals surface area contributed by atoms with Gasteiger partial charge in [-0.25, -0.2) is 9.97 Å². The Bertz CT molecular complexity index is 1300. The minimum atomic E-state index is -0.0410. The zero-order chi connectivity index (χ0) is 22.1. The molecule has 1 aliphatic heterocycles. The molecule has 0 fully saturated rings. The van der Waals surface area contributed by atoms with Crippen LogP contribution in [0, 0.1) is 6.92 Å². The molecule has 0 radical (unpaired) electrons. The number of H-pyrrole nitrogens is 1. The van der Waals surface area contributed by atoms with Crippen LogP contribution in [0.5, 0.6) is 0 Å². The Hall–Kier alpha value is -4.27. The number of fused-ring (bicyclic) bond motifs is 1. The van der Waals surface area contributed by atoms with Crippen LogP contribution in [0.15, 0.2) is 48.5 Å². The van der Waals surface area contributed by atoms with Gasteiger partial charge in [0.1, 0.15) is 17.3 Å². The number of aldehydes is 1. The van der Waals surface area contributed by atoms with E-state index in [2.05, 4.69) is 30.6 Å². The number of rotatable bonds is 5. The van der Waals surface area contributed by atoms with E-state index in [4.69, 9.17) is 0 Å². The van der Waals surface area contributed by atoms with Crippen molar-refractivity contribution in [2.75, 3.05) is 4.90 Å². The third-order valence-corrected chi connectivity index (χ3v) is 5.48. The van der Waals surface area contributed by atoms with Crippen LogP contribution in [-0.2, 0) is 17.8 Å². The number of hydrogen-bond acceptors (Lipinski definition) is 7. The Morgan fingerprint density at radius 2 is 1.91 bits per heavy atom. The molecular weight excluding hydrogens is 406 g/mol. The third kappa shape index (κ3) is 3.53. The highest BCUT2D eigenvalue weighted by Gasteiger charge is 2.29. The number of nitrogens with zero attached hydrogens (tertiary/aromatic N) is 6. The maximum absolute atomic E-state index is 12.8. The fraction of sp³-hybridized carbons (Fsp3) is 0.174. The molecule has 5 rings (SSSR count). The quantitative estimate of drug-likeness (QED) is 0.489. The second-order valence-corrected chi connectivity index (χ2v) is 7.54. The summed E-state index contributed by atoms with van der Waals surface area (Å²) in [5, 5.41) is 14.5. The number of nitrogens with one attached hydrogen (secondary N) is 1. The number of tetrazole rings is 1. The summed E-state index contributed by atoms with van der Waals surface area (Å²) in [6.07, 6.45) is 1.49. The predicted octanol–water partition coefficient (Wildman–Crippen LogP) is 2.92. The highest BCUT2D eigenvalue weighted by Crippen LogP contribution is 2.33. The van der Waals surface area contributed by atoms with E-state index in [0.29, 0.717) is 48.1 Å². The Labute approximate surface area is 183 Å². The number of carbonyl (C=O) groups excluding carboxylic acids is 2. The fourth-order valence-electron chi connectivity index (χ4n) is 4.01. The molecule has 1 aliphatic rings. The summed E-state index contributed by atoms with van der Waals surface area (Å²) in [7, 11) is 0. The molecule has 9 nitrogen and oxygen atoms in total. The summed E-state index contributed by atoms with van der Waals surface area (Å²) >= 11 is 0. The minimum Gasteiger partial charge on any atom is -0.296 e. The fourth-order valence-corrected chi connectivity index (χ4v) is 4.01. The highest BCUT2D eigenvalue weighted by molar-refractivity contribution is 5.97. The van der Waals surface area contributed by atoms with Crippen LogP contribution in [0.25, 0.3) is 22.5 Å². The average Bonchev–Trinajstić information content (AvgIpc) is 3.36. The maximum atomic E-state index is 12.8. The van der Waals surface area contributed by atoms with Gasteiger partial charge in [0, 0.05) is 17.5 Å². The molecule has 0 aliphatic carbocycles. The van der Waals surface area contributed by atoms with E-state index >= 15 is 0 Å². The topological polar surface area (TPSA) is 118 Å². The van der Waals surface area contributed by atoms with E-state index in [0.717, 1.165) is 28.5 Å². The minimum absolute atomic E-state index is 0.0410. The van der Waals surface area contributed by atoms with Crippen LogP contribution in [0.3, 0.4) is 0 Å². The number of aryl methyl sites for hydroxylation is 1. The lowest BCUT2D eigenvalue weighted by molar-refractivity contribution is -0.119. The van der Waals surface area contributed by atoms with Gasteiger partial charge in [0.15, 0.2) is 6.29 Å². The molecule has 0 atom stereocenters. The number of aromatic nitrogens is 6. The molecule has 3 heterocycles. The SMILES string of the molecule is Cc1nc(C=O)c2c(n1)N(Cc1ccc(-c3ccccc3)c(-c3nn[nH]n3)c1)C(=O)CC2. The molecule has 1 N–H and O–H groups in total. The second-order valence-electron chi connectivity index (χ2n) is 7.54. The molecule has 1 amide bonds. The van der Waals surface area contributed by atoms with E-state index in [1.165, 1.54) is 0 Å². The first kappa shape index (κ1) is 19.7. The van der Waals surface area contributed by atoms with Gasteiger partial charge in [-0.05, 0) is 41.3 Å². The van der Waals surface area contributed by atoms with Crippen LogP contribution in [0.4, 0.5) is 5.82 Å². The third-order valence-electron chi connectivity index (χ3n) is 5.48. The largest absolute Gasteiger partial charge is 0.296 e. The molecular formula is C23H19N7O2. The van der Waals surface area contributed by atoms with Gasteiger partial charge in [-0.2, -0.15) is 5.21 Å². The standard InChI is InChI=1S/C23H19N7O2/c1-14-24-20(13-31)18-9-10-21(32)30(23(18)25-14)12-15-7-8-17(16-5-3-2-4-6-16)19(11-15)22-26-28-29-27-22/h2-8,11,13H,9-10,12H2,1H3,(H,26,27,28,29). The summed E-state index contributed by atoms with van der Waals surface area (Å²) in [5.74, 6) is 1.39. The molecule has 0 saturated heterocycles. The molecule has 158 valence electrons. The highest BCUT2D eigenvalue weighted by atomic mass is 16.2. The molecule has 0 saturated carbocycles. The van der Waals surface area contributed by atoms with Crippen molar-refractivity contribution in [2.24, 2.45) is 0 Å². The van der Waals surface area contributed by atoms with Gasteiger partial charge in [0.2, 0.25) is 11.7 Å². The molecule has 4 aromatic rings. The van der Waals surface area contributed by atoms with Crippen LogP contribution >= 0.6 is 0 Å².